The van der Waals surface area contributed by atoms with Crippen LogP contribution >= 0.6 is 0 Å². The Balaban J connectivity index is 1.09. The van der Waals surface area contributed by atoms with Gasteiger partial charge in [-0.2, -0.15) is 0 Å². The van der Waals surface area contributed by atoms with Gasteiger partial charge >= 0.3 is 0 Å². The van der Waals surface area contributed by atoms with Gasteiger partial charge in [-0.05, 0) is 93.6 Å². The van der Waals surface area contributed by atoms with E-state index in [4.69, 9.17) is 9.97 Å². The van der Waals surface area contributed by atoms with E-state index in [0.717, 1.165) is 46.2 Å². The van der Waals surface area contributed by atoms with Crippen LogP contribution in [0, 0.1) is 0 Å². The molecule has 56 heavy (non-hydrogen) atoms. The Kier molecular flexibility index (Phi) is 6.72. The Hall–Kier alpha value is -7.30. The molecule has 1 aliphatic rings. The van der Waals surface area contributed by atoms with Gasteiger partial charge in [-0.15, -0.1) is 0 Å². The summed E-state index contributed by atoms with van der Waals surface area (Å²) in [4.78, 5) is 10.7. The van der Waals surface area contributed by atoms with Crippen LogP contribution in [0.3, 0.4) is 0 Å². The van der Waals surface area contributed by atoms with Gasteiger partial charge in [0.05, 0.1) is 33.3 Å². The maximum atomic E-state index is 5.43. The lowest BCUT2D eigenvalue weighted by Gasteiger charge is -2.17. The van der Waals surface area contributed by atoms with Crippen molar-refractivity contribution >= 4 is 87.2 Å². The fourth-order valence-electron chi connectivity index (χ4n) is 9.28. The number of para-hydroxylation sites is 2. The van der Waals surface area contributed by atoms with Crippen LogP contribution in [0.15, 0.2) is 182 Å². The molecule has 0 spiro atoms. The molecule has 8 aromatic carbocycles. The van der Waals surface area contributed by atoms with Crippen LogP contribution in [0.1, 0.15) is 24.1 Å². The molecule has 0 bridgehead atoms. The molecule has 3 aromatic heterocycles. The third-order valence-electron chi connectivity index (χ3n) is 11.8. The quantitative estimate of drug-likeness (QED) is 0.182. The molecule has 262 valence electrons. The number of fused-ring (bicyclic) bond motifs is 11. The van der Waals surface area contributed by atoms with Gasteiger partial charge in [0.25, 0.3) is 0 Å². The molecule has 4 nitrogen and oxygen atoms in total. The minimum atomic E-state index is 0.686. The second kappa shape index (κ2) is 12.1. The van der Waals surface area contributed by atoms with E-state index in [9.17, 15) is 0 Å². The number of rotatable bonds is 4. The van der Waals surface area contributed by atoms with E-state index < -0.39 is 0 Å². The lowest BCUT2D eigenvalue weighted by atomic mass is 9.91. The Labute approximate surface area is 322 Å². The molecule has 0 aliphatic heterocycles. The van der Waals surface area contributed by atoms with Crippen LogP contribution in [0.25, 0.3) is 98.8 Å². The Bertz CT molecular complexity index is 3380. The number of nitrogens with zero attached hydrogens (tertiary/aromatic N) is 4. The van der Waals surface area contributed by atoms with Crippen molar-refractivity contribution in [2.24, 2.45) is 0 Å². The highest BCUT2D eigenvalue weighted by molar-refractivity contribution is 6.28. The summed E-state index contributed by atoms with van der Waals surface area (Å²) in [5.74, 6) is 0.686. The van der Waals surface area contributed by atoms with E-state index in [1.165, 1.54) is 70.8 Å². The summed E-state index contributed by atoms with van der Waals surface area (Å²) in [6.07, 6.45) is 6.42. The summed E-state index contributed by atoms with van der Waals surface area (Å²) in [7, 11) is 0. The lowest BCUT2D eigenvalue weighted by Crippen LogP contribution is -2.06. The molecule has 0 atom stereocenters. The van der Waals surface area contributed by atoms with Gasteiger partial charge < -0.3 is 4.57 Å². The SMILES string of the molecule is C1=C(c2ccccc2)CCC(c2nc(-n3c4ccccc4c4cc(-n5c6ccc7ccccc7c6c6c7ccccc7ccc65)ccc43)nc3ccccc23)=C1. The van der Waals surface area contributed by atoms with Gasteiger partial charge in [-0.25, -0.2) is 9.97 Å². The third-order valence-corrected chi connectivity index (χ3v) is 11.8. The highest BCUT2D eigenvalue weighted by Gasteiger charge is 2.22. The zero-order valence-corrected chi connectivity index (χ0v) is 30.5. The first-order valence-corrected chi connectivity index (χ1v) is 19.4. The first-order chi connectivity index (χ1) is 27.8. The molecule has 0 N–H and O–H groups in total. The standard InChI is InChI=1S/C52H34N4/c1-2-12-33(13-3-1)34-22-24-37(25-23-34)51-42-19-8-10-20-44(42)53-52(54-51)56-45-21-11-9-18-41(45)43-32-38(28-31-46(43)56)55-47-29-26-35-14-4-6-16-39(35)49(47)50-40-17-7-5-15-36(40)27-30-48(50)55/h1-22,24,26-32H,23,25H2. The lowest BCUT2D eigenvalue weighted by molar-refractivity contribution is 0.986. The van der Waals surface area contributed by atoms with Gasteiger partial charge in [-0.3, -0.25) is 4.57 Å². The average molecular weight is 715 g/mol. The largest absolute Gasteiger partial charge is 0.309 e. The maximum absolute atomic E-state index is 5.43. The van der Waals surface area contributed by atoms with E-state index in [1.807, 2.05) is 0 Å². The number of hydrogen-bond donors (Lipinski definition) is 0. The van der Waals surface area contributed by atoms with Crippen molar-refractivity contribution in [1.29, 1.82) is 0 Å². The number of benzene rings is 8. The van der Waals surface area contributed by atoms with Crippen molar-refractivity contribution in [2.45, 2.75) is 12.8 Å². The van der Waals surface area contributed by atoms with Crippen LogP contribution < -0.4 is 0 Å². The highest BCUT2D eigenvalue weighted by Crippen LogP contribution is 2.42. The molecule has 0 radical (unpaired) electrons. The molecule has 0 saturated carbocycles. The highest BCUT2D eigenvalue weighted by atomic mass is 15.2. The summed E-state index contributed by atoms with van der Waals surface area (Å²) >= 11 is 0. The molecule has 1 aliphatic carbocycles. The van der Waals surface area contributed by atoms with Gasteiger partial charge in [0.15, 0.2) is 0 Å². The fourth-order valence-corrected chi connectivity index (χ4v) is 9.28. The molecular weight excluding hydrogens is 681 g/mol. The predicted molar refractivity (Wildman–Crippen MR) is 235 cm³/mol. The molecule has 0 fully saturated rings. The second-order valence-electron chi connectivity index (χ2n) is 14.9. The van der Waals surface area contributed by atoms with E-state index in [0.29, 0.717) is 5.95 Å². The molecule has 0 amide bonds. The molecule has 3 heterocycles. The molecule has 11 aromatic rings. The minimum absolute atomic E-state index is 0.686. The van der Waals surface area contributed by atoms with Crippen molar-refractivity contribution in [3.63, 3.8) is 0 Å². The smallest absolute Gasteiger partial charge is 0.235 e. The Morgan fingerprint density at radius 2 is 0.964 bits per heavy atom. The van der Waals surface area contributed by atoms with Crippen LogP contribution in [-0.2, 0) is 0 Å². The summed E-state index contributed by atoms with van der Waals surface area (Å²) in [5.41, 5.74) is 11.5. The van der Waals surface area contributed by atoms with Crippen LogP contribution in [-0.4, -0.2) is 19.1 Å². The number of aromatic nitrogens is 4. The van der Waals surface area contributed by atoms with Crippen molar-refractivity contribution in [1.82, 2.24) is 19.1 Å². The van der Waals surface area contributed by atoms with Gasteiger partial charge in [-0.1, -0.05) is 140 Å². The zero-order chi connectivity index (χ0) is 36.7. The average Bonchev–Trinajstić information content (AvgIpc) is 3.79. The van der Waals surface area contributed by atoms with E-state index >= 15 is 0 Å². The maximum Gasteiger partial charge on any atom is 0.235 e. The fraction of sp³-hybridized carbons (Fsp3) is 0.0385. The number of hydrogen-bond acceptors (Lipinski definition) is 2. The molecule has 0 saturated heterocycles. The summed E-state index contributed by atoms with van der Waals surface area (Å²) in [5, 5.41) is 11.0. The van der Waals surface area contributed by atoms with Crippen molar-refractivity contribution < 1.29 is 0 Å². The molecule has 0 unspecified atom stereocenters. The number of allylic oxidation sites excluding steroid dienone is 4. The van der Waals surface area contributed by atoms with E-state index in [-0.39, 0.29) is 0 Å². The third kappa shape index (κ3) is 4.59. The topological polar surface area (TPSA) is 35.6 Å². The van der Waals surface area contributed by atoms with Crippen molar-refractivity contribution in [3.05, 3.63) is 193 Å². The molecular formula is C52H34N4. The van der Waals surface area contributed by atoms with Gasteiger partial charge in [0, 0.05) is 32.6 Å². The van der Waals surface area contributed by atoms with Crippen LogP contribution in [0.4, 0.5) is 0 Å². The predicted octanol–water partition coefficient (Wildman–Crippen LogP) is 13.4. The Morgan fingerprint density at radius 1 is 0.393 bits per heavy atom. The first kappa shape index (κ1) is 31.1. The Morgan fingerprint density at radius 3 is 1.68 bits per heavy atom. The summed E-state index contributed by atoms with van der Waals surface area (Å²) in [6.45, 7) is 0. The summed E-state index contributed by atoms with van der Waals surface area (Å²) < 4.78 is 4.71. The molecule has 4 heteroatoms. The monoisotopic (exact) mass is 714 g/mol. The molecule has 12 rings (SSSR count). The van der Waals surface area contributed by atoms with Crippen molar-refractivity contribution in [3.8, 4) is 11.6 Å². The summed E-state index contributed by atoms with van der Waals surface area (Å²) in [6, 6.07) is 61.3. The van der Waals surface area contributed by atoms with Gasteiger partial charge in [0.2, 0.25) is 5.95 Å². The van der Waals surface area contributed by atoms with E-state index in [1.54, 1.807) is 0 Å². The zero-order valence-electron chi connectivity index (χ0n) is 30.5. The normalized spacial score (nSPS) is 13.4. The van der Waals surface area contributed by atoms with E-state index in [2.05, 4.69) is 191 Å². The second-order valence-corrected chi connectivity index (χ2v) is 14.9. The van der Waals surface area contributed by atoms with Gasteiger partial charge in [0.1, 0.15) is 0 Å². The van der Waals surface area contributed by atoms with Crippen molar-refractivity contribution in [2.75, 3.05) is 0 Å². The minimum Gasteiger partial charge on any atom is -0.309 e. The van der Waals surface area contributed by atoms with Crippen LogP contribution in [0.2, 0.25) is 0 Å². The first-order valence-electron chi connectivity index (χ1n) is 19.4. The van der Waals surface area contributed by atoms with Crippen LogP contribution in [0.5, 0.6) is 0 Å².